The summed E-state index contributed by atoms with van der Waals surface area (Å²) in [5.41, 5.74) is 0. The largest absolute Gasteiger partial charge is 0.490 e. The molecule has 1 aromatic rings. The first kappa shape index (κ1) is 13.6. The third-order valence-electron chi connectivity index (χ3n) is 3.31. The number of nitrogens with zero attached hydrogens (tertiary/aromatic N) is 1. The van der Waals surface area contributed by atoms with Gasteiger partial charge in [-0.15, -0.1) is 11.8 Å². The zero-order valence-corrected chi connectivity index (χ0v) is 12.1. The summed E-state index contributed by atoms with van der Waals surface area (Å²) in [6.45, 7) is 1.41. The first-order valence-electron chi connectivity index (χ1n) is 7.03. The summed E-state index contributed by atoms with van der Waals surface area (Å²) >= 11 is 1.68. The summed E-state index contributed by atoms with van der Waals surface area (Å²) in [5.74, 6) is 2.39. The van der Waals surface area contributed by atoms with Gasteiger partial charge in [-0.2, -0.15) is 5.26 Å². The van der Waals surface area contributed by atoms with Crippen molar-refractivity contribution in [1.82, 2.24) is 5.32 Å². The molecule has 1 saturated carbocycles. The molecule has 1 N–H and O–H groups in total. The second kappa shape index (κ2) is 6.38. The molecule has 1 aromatic carbocycles. The Labute approximate surface area is 123 Å². The van der Waals surface area contributed by atoms with Crippen molar-refractivity contribution < 1.29 is 9.47 Å². The zero-order chi connectivity index (χ0) is 13.8. The van der Waals surface area contributed by atoms with E-state index < -0.39 is 0 Å². The lowest BCUT2D eigenvalue weighted by atomic mass is 10.3. The molecule has 0 radical (unpaired) electrons. The van der Waals surface area contributed by atoms with E-state index in [1.807, 2.05) is 18.2 Å². The van der Waals surface area contributed by atoms with Crippen molar-refractivity contribution in [3.63, 3.8) is 0 Å². The molecule has 106 valence electrons. The number of hydrogen-bond donors (Lipinski definition) is 1. The maximum Gasteiger partial charge on any atom is 0.162 e. The Hall–Kier alpha value is -1.38. The second-order valence-corrected chi connectivity index (χ2v) is 6.19. The highest BCUT2D eigenvalue weighted by Crippen LogP contribution is 2.34. The van der Waals surface area contributed by atoms with Crippen LogP contribution in [0.3, 0.4) is 0 Å². The van der Waals surface area contributed by atoms with E-state index in [-0.39, 0.29) is 6.04 Å². The van der Waals surface area contributed by atoms with Crippen molar-refractivity contribution in [2.24, 2.45) is 0 Å². The van der Waals surface area contributed by atoms with Crippen molar-refractivity contribution in [2.75, 3.05) is 19.0 Å². The van der Waals surface area contributed by atoms with Crippen LogP contribution in [0.1, 0.15) is 19.3 Å². The van der Waals surface area contributed by atoms with Crippen molar-refractivity contribution in [3.8, 4) is 17.6 Å². The Kier molecular flexibility index (Phi) is 4.34. The van der Waals surface area contributed by atoms with Crippen LogP contribution in [0.2, 0.25) is 0 Å². The highest BCUT2D eigenvalue weighted by Gasteiger charge is 2.24. The van der Waals surface area contributed by atoms with Gasteiger partial charge >= 0.3 is 0 Å². The van der Waals surface area contributed by atoms with Crippen LogP contribution in [0.5, 0.6) is 11.5 Å². The normalized spacial score (nSPS) is 18.9. The number of nitriles is 1. The molecule has 1 fully saturated rings. The molecule has 3 rings (SSSR count). The minimum atomic E-state index is -0.0801. The summed E-state index contributed by atoms with van der Waals surface area (Å²) in [6.07, 6.45) is 3.32. The Morgan fingerprint density at radius 1 is 1.30 bits per heavy atom. The molecule has 1 aliphatic heterocycles. The predicted octanol–water partition coefficient (Wildman–Crippen LogP) is 2.58. The minimum Gasteiger partial charge on any atom is -0.490 e. The smallest absolute Gasteiger partial charge is 0.162 e. The number of rotatable bonds is 5. The van der Waals surface area contributed by atoms with Gasteiger partial charge in [-0.1, -0.05) is 0 Å². The van der Waals surface area contributed by atoms with E-state index >= 15 is 0 Å². The molecule has 0 bridgehead atoms. The van der Waals surface area contributed by atoms with Gasteiger partial charge in [-0.25, -0.2) is 0 Å². The third kappa shape index (κ3) is 3.59. The molecule has 0 amide bonds. The van der Waals surface area contributed by atoms with E-state index in [9.17, 15) is 0 Å². The third-order valence-corrected chi connectivity index (χ3v) is 4.39. The van der Waals surface area contributed by atoms with E-state index in [2.05, 4.69) is 11.4 Å². The van der Waals surface area contributed by atoms with Gasteiger partial charge in [0.05, 0.1) is 19.3 Å². The monoisotopic (exact) mass is 290 g/mol. The number of ether oxygens (including phenoxy) is 2. The number of hydrogen-bond acceptors (Lipinski definition) is 5. The number of nitrogens with one attached hydrogen (secondary N) is 1. The highest BCUT2D eigenvalue weighted by atomic mass is 32.2. The Morgan fingerprint density at radius 3 is 2.85 bits per heavy atom. The minimum absolute atomic E-state index is 0.0801. The first-order valence-corrected chi connectivity index (χ1v) is 8.02. The van der Waals surface area contributed by atoms with Gasteiger partial charge in [0.15, 0.2) is 11.5 Å². The van der Waals surface area contributed by atoms with Crippen molar-refractivity contribution >= 4 is 11.8 Å². The van der Waals surface area contributed by atoms with Crippen molar-refractivity contribution in [1.29, 1.82) is 5.26 Å². The van der Waals surface area contributed by atoms with Gasteiger partial charge in [0.1, 0.15) is 6.04 Å². The van der Waals surface area contributed by atoms with Gasteiger partial charge in [0.25, 0.3) is 0 Å². The molecule has 1 heterocycles. The standard InChI is InChI=1S/C15H18N2O2S/c16-9-12(17-11-2-3-11)10-20-13-4-5-14-15(8-13)19-7-1-6-18-14/h4-5,8,11-12,17H,1-3,6-7,10H2. The average Bonchev–Trinajstić information content (AvgIpc) is 3.29. The topological polar surface area (TPSA) is 54.3 Å². The molecule has 0 aromatic heterocycles. The van der Waals surface area contributed by atoms with Crippen LogP contribution in [-0.2, 0) is 0 Å². The lowest BCUT2D eigenvalue weighted by Gasteiger charge is -2.12. The van der Waals surface area contributed by atoms with Gasteiger partial charge in [-0.05, 0) is 31.0 Å². The molecular formula is C15H18N2O2S. The van der Waals surface area contributed by atoms with Crippen LogP contribution < -0.4 is 14.8 Å². The number of thioether (sulfide) groups is 1. The molecule has 0 saturated heterocycles. The van der Waals surface area contributed by atoms with Gasteiger partial charge in [-0.3, -0.25) is 5.32 Å². The van der Waals surface area contributed by atoms with Crippen LogP contribution >= 0.6 is 11.8 Å². The molecule has 1 atom stereocenters. The first-order chi connectivity index (χ1) is 9.85. The van der Waals surface area contributed by atoms with E-state index in [1.54, 1.807) is 11.8 Å². The SMILES string of the molecule is N#CC(CSc1ccc2c(c1)OCCCO2)NC1CC1. The van der Waals surface area contributed by atoms with Crippen LogP contribution in [0.4, 0.5) is 0 Å². The second-order valence-electron chi connectivity index (χ2n) is 5.09. The van der Waals surface area contributed by atoms with Gasteiger partial charge in [0.2, 0.25) is 0 Å². The zero-order valence-electron chi connectivity index (χ0n) is 11.3. The fraction of sp³-hybridized carbons (Fsp3) is 0.533. The van der Waals surface area contributed by atoms with Crippen LogP contribution in [-0.4, -0.2) is 31.1 Å². The van der Waals surface area contributed by atoms with E-state index in [4.69, 9.17) is 14.7 Å². The van der Waals surface area contributed by atoms with E-state index in [0.717, 1.165) is 28.6 Å². The Morgan fingerprint density at radius 2 is 2.10 bits per heavy atom. The number of fused-ring (bicyclic) bond motifs is 1. The predicted molar refractivity (Wildman–Crippen MR) is 78.3 cm³/mol. The summed E-state index contributed by atoms with van der Waals surface area (Å²) in [7, 11) is 0. The summed E-state index contributed by atoms with van der Waals surface area (Å²) < 4.78 is 11.3. The van der Waals surface area contributed by atoms with E-state index in [0.29, 0.717) is 19.3 Å². The van der Waals surface area contributed by atoms with Crippen molar-refractivity contribution in [3.05, 3.63) is 18.2 Å². The van der Waals surface area contributed by atoms with Crippen molar-refractivity contribution in [2.45, 2.75) is 36.2 Å². The number of benzene rings is 1. The summed E-state index contributed by atoms with van der Waals surface area (Å²) in [4.78, 5) is 1.12. The Balaban J connectivity index is 1.59. The lowest BCUT2D eigenvalue weighted by molar-refractivity contribution is 0.297. The molecule has 1 aliphatic carbocycles. The fourth-order valence-corrected chi connectivity index (χ4v) is 2.95. The highest BCUT2D eigenvalue weighted by molar-refractivity contribution is 7.99. The van der Waals surface area contributed by atoms with Crippen LogP contribution in [0, 0.1) is 11.3 Å². The fourth-order valence-electron chi connectivity index (χ4n) is 2.07. The summed E-state index contributed by atoms with van der Waals surface area (Å²) in [6, 6.07) is 8.81. The molecule has 0 spiro atoms. The van der Waals surface area contributed by atoms with Gasteiger partial charge in [0, 0.05) is 23.1 Å². The molecule has 2 aliphatic rings. The molecule has 1 unspecified atom stereocenters. The quantitative estimate of drug-likeness (QED) is 0.845. The van der Waals surface area contributed by atoms with E-state index in [1.165, 1.54) is 12.8 Å². The Bertz CT molecular complexity index is 511. The van der Waals surface area contributed by atoms with Crippen LogP contribution in [0.25, 0.3) is 0 Å². The van der Waals surface area contributed by atoms with Crippen LogP contribution in [0.15, 0.2) is 23.1 Å². The average molecular weight is 290 g/mol. The lowest BCUT2D eigenvalue weighted by Crippen LogP contribution is -2.31. The summed E-state index contributed by atoms with van der Waals surface area (Å²) in [5, 5.41) is 12.5. The van der Waals surface area contributed by atoms with Gasteiger partial charge < -0.3 is 9.47 Å². The molecule has 5 heteroatoms. The molecular weight excluding hydrogens is 272 g/mol. The maximum atomic E-state index is 9.14. The molecule has 20 heavy (non-hydrogen) atoms. The maximum absolute atomic E-state index is 9.14. The molecule has 4 nitrogen and oxygen atoms in total.